The third kappa shape index (κ3) is 6.78. The third-order valence-electron chi connectivity index (χ3n) is 2.96. The van der Waals surface area contributed by atoms with Crippen molar-refractivity contribution >= 4 is 18.0 Å². The topological polar surface area (TPSA) is 47.6 Å². The molecular weight excluding hydrogens is 278 g/mol. The largest absolute Gasteiger partial charge is 0.491 e. The molecule has 1 aromatic rings. The Bertz CT molecular complexity index is 412. The Hall–Kier alpha value is -1.26. The summed E-state index contributed by atoms with van der Waals surface area (Å²) in [6, 6.07) is 5.75. The van der Waals surface area contributed by atoms with Gasteiger partial charge in [0.15, 0.2) is 0 Å². The van der Waals surface area contributed by atoms with E-state index in [1.807, 2.05) is 12.1 Å². The first kappa shape index (κ1) is 16.8. The summed E-state index contributed by atoms with van der Waals surface area (Å²) >= 11 is 6.09. The van der Waals surface area contributed by atoms with Crippen molar-refractivity contribution in [2.75, 3.05) is 26.9 Å². The van der Waals surface area contributed by atoms with Gasteiger partial charge in [-0.2, -0.15) is 0 Å². The Balaban J connectivity index is 2.50. The van der Waals surface area contributed by atoms with Crippen LogP contribution in [-0.4, -0.2) is 33.3 Å². The lowest BCUT2D eigenvalue weighted by Crippen LogP contribution is -2.19. The van der Waals surface area contributed by atoms with Crippen LogP contribution in [0.3, 0.4) is 0 Å². The number of amides is 1. The maximum Gasteiger partial charge on any atom is 0.207 e. The number of rotatable bonds is 10. The van der Waals surface area contributed by atoms with Crippen LogP contribution in [-0.2, 0) is 16.0 Å². The Morgan fingerprint density at radius 2 is 2.15 bits per heavy atom. The van der Waals surface area contributed by atoms with Gasteiger partial charge in [0.05, 0.1) is 6.61 Å². The summed E-state index contributed by atoms with van der Waals surface area (Å²) in [4.78, 5) is 10.2. The summed E-state index contributed by atoms with van der Waals surface area (Å²) in [5.41, 5.74) is 1.14. The number of benzene rings is 1. The molecule has 0 fully saturated rings. The van der Waals surface area contributed by atoms with Crippen LogP contribution in [0.5, 0.6) is 5.75 Å². The zero-order chi connectivity index (χ0) is 14.8. The minimum Gasteiger partial charge on any atom is -0.491 e. The van der Waals surface area contributed by atoms with Gasteiger partial charge in [-0.1, -0.05) is 18.5 Å². The fourth-order valence-corrected chi connectivity index (χ4v) is 2.10. The van der Waals surface area contributed by atoms with E-state index in [9.17, 15) is 4.79 Å². The molecule has 0 aliphatic heterocycles. The molecule has 0 spiro atoms. The molecule has 0 bridgehead atoms. The van der Waals surface area contributed by atoms with E-state index in [1.165, 1.54) is 0 Å². The molecule has 1 N–H and O–H groups in total. The van der Waals surface area contributed by atoms with Crippen LogP contribution < -0.4 is 10.1 Å². The normalized spacial score (nSPS) is 11.9. The molecule has 0 heterocycles. The van der Waals surface area contributed by atoms with E-state index in [4.69, 9.17) is 21.1 Å². The van der Waals surface area contributed by atoms with E-state index in [-0.39, 0.29) is 0 Å². The summed E-state index contributed by atoms with van der Waals surface area (Å²) in [7, 11) is 1.64. The average molecular weight is 300 g/mol. The smallest absolute Gasteiger partial charge is 0.207 e. The van der Waals surface area contributed by atoms with Crippen LogP contribution in [0.25, 0.3) is 0 Å². The number of carbonyl (C=O) groups excluding carboxylic acids is 1. The number of hydrogen-bond donors (Lipinski definition) is 1. The van der Waals surface area contributed by atoms with Crippen LogP contribution in [0, 0.1) is 5.92 Å². The van der Waals surface area contributed by atoms with Crippen LogP contribution in [0.1, 0.15) is 18.9 Å². The zero-order valence-corrected chi connectivity index (χ0v) is 12.8. The predicted molar refractivity (Wildman–Crippen MR) is 80.4 cm³/mol. The van der Waals surface area contributed by atoms with Crippen molar-refractivity contribution < 1.29 is 14.3 Å². The lowest BCUT2D eigenvalue weighted by atomic mass is 10.0. The maximum absolute atomic E-state index is 10.2. The third-order valence-corrected chi connectivity index (χ3v) is 3.18. The van der Waals surface area contributed by atoms with Crippen molar-refractivity contribution in [1.82, 2.24) is 5.32 Å². The second-order valence-corrected chi connectivity index (χ2v) is 5.24. The highest BCUT2D eigenvalue weighted by Gasteiger charge is 2.05. The molecule has 0 saturated carbocycles. The molecule has 0 aromatic heterocycles. The molecule has 5 heteroatoms. The van der Waals surface area contributed by atoms with E-state index >= 15 is 0 Å². The lowest BCUT2D eigenvalue weighted by Gasteiger charge is -2.12. The van der Waals surface area contributed by atoms with Gasteiger partial charge in [0.25, 0.3) is 0 Å². The number of hydrogen-bond acceptors (Lipinski definition) is 3. The van der Waals surface area contributed by atoms with Gasteiger partial charge in [-0.25, -0.2) is 0 Å². The highest BCUT2D eigenvalue weighted by atomic mass is 35.5. The van der Waals surface area contributed by atoms with Gasteiger partial charge in [0.2, 0.25) is 6.41 Å². The van der Waals surface area contributed by atoms with E-state index < -0.39 is 0 Å². The molecule has 1 unspecified atom stereocenters. The summed E-state index contributed by atoms with van der Waals surface area (Å²) < 4.78 is 10.5. The average Bonchev–Trinajstić information content (AvgIpc) is 2.42. The molecule has 1 aromatic carbocycles. The van der Waals surface area contributed by atoms with Gasteiger partial charge in [-0.05, 0) is 42.5 Å². The Morgan fingerprint density at radius 1 is 1.35 bits per heavy atom. The van der Waals surface area contributed by atoms with Gasteiger partial charge in [0.1, 0.15) is 12.4 Å². The van der Waals surface area contributed by atoms with Gasteiger partial charge < -0.3 is 14.8 Å². The van der Waals surface area contributed by atoms with E-state index in [1.54, 1.807) is 13.2 Å². The van der Waals surface area contributed by atoms with Crippen LogP contribution >= 0.6 is 11.6 Å². The van der Waals surface area contributed by atoms with Gasteiger partial charge >= 0.3 is 0 Å². The second-order valence-electron chi connectivity index (χ2n) is 4.81. The molecule has 0 aliphatic carbocycles. The minimum atomic E-state index is 0.428. The highest BCUT2D eigenvalue weighted by Crippen LogP contribution is 2.22. The number of aryl methyl sites for hydroxylation is 1. The first-order valence-electron chi connectivity index (χ1n) is 6.74. The Kier molecular flexibility index (Phi) is 8.07. The molecule has 1 atom stereocenters. The van der Waals surface area contributed by atoms with Crippen LogP contribution in [0.2, 0.25) is 5.02 Å². The zero-order valence-electron chi connectivity index (χ0n) is 12.0. The van der Waals surface area contributed by atoms with Gasteiger partial charge in [0, 0.05) is 18.7 Å². The molecule has 0 radical (unpaired) electrons. The van der Waals surface area contributed by atoms with E-state index in [0.29, 0.717) is 30.7 Å². The Labute approximate surface area is 125 Å². The lowest BCUT2D eigenvalue weighted by molar-refractivity contribution is -0.109. The molecule has 0 aliphatic rings. The summed E-state index contributed by atoms with van der Waals surface area (Å²) in [5, 5.41) is 3.37. The summed E-state index contributed by atoms with van der Waals surface area (Å²) in [5.74, 6) is 1.19. The summed E-state index contributed by atoms with van der Waals surface area (Å²) in [6.07, 6.45) is 2.62. The number of ether oxygens (including phenoxy) is 2. The molecular formula is C15H22ClNO3. The fourth-order valence-electron chi connectivity index (χ4n) is 1.86. The minimum absolute atomic E-state index is 0.428. The van der Waals surface area contributed by atoms with Gasteiger partial charge in [-0.15, -0.1) is 0 Å². The first-order valence-corrected chi connectivity index (χ1v) is 7.11. The molecule has 0 saturated heterocycles. The number of methoxy groups -OCH3 is 1. The molecule has 1 amide bonds. The number of nitrogens with one attached hydrogen (secondary N) is 1. The molecule has 1 rings (SSSR count). The van der Waals surface area contributed by atoms with Crippen LogP contribution in [0.15, 0.2) is 18.2 Å². The van der Waals surface area contributed by atoms with Crippen molar-refractivity contribution in [3.63, 3.8) is 0 Å². The molecule has 20 heavy (non-hydrogen) atoms. The monoisotopic (exact) mass is 299 g/mol. The summed E-state index contributed by atoms with van der Waals surface area (Å²) in [6.45, 7) is 3.87. The van der Waals surface area contributed by atoms with Crippen molar-refractivity contribution in [3.8, 4) is 5.75 Å². The van der Waals surface area contributed by atoms with Crippen molar-refractivity contribution in [2.24, 2.45) is 5.92 Å². The first-order chi connectivity index (χ1) is 9.65. The van der Waals surface area contributed by atoms with Crippen molar-refractivity contribution in [3.05, 3.63) is 28.8 Å². The van der Waals surface area contributed by atoms with Gasteiger partial charge in [-0.3, -0.25) is 4.79 Å². The van der Waals surface area contributed by atoms with Crippen LogP contribution in [0.4, 0.5) is 0 Å². The number of carbonyl (C=O) groups is 1. The van der Waals surface area contributed by atoms with Crippen molar-refractivity contribution in [1.29, 1.82) is 0 Å². The highest BCUT2D eigenvalue weighted by molar-refractivity contribution is 6.30. The maximum atomic E-state index is 10.2. The quantitative estimate of drug-likeness (QED) is 0.534. The number of halogens is 1. The molecule has 4 nitrogen and oxygen atoms in total. The second kappa shape index (κ2) is 9.61. The van der Waals surface area contributed by atoms with Crippen molar-refractivity contribution in [2.45, 2.75) is 19.8 Å². The SMILES string of the molecule is COCCOc1cc(Cl)cc(CCC(C)CNC=O)c1. The van der Waals surface area contributed by atoms with E-state index in [2.05, 4.69) is 12.2 Å². The predicted octanol–water partition coefficient (Wildman–Crippen LogP) is 2.68. The standard InChI is InChI=1S/C15H22ClNO3/c1-12(10-17-11-18)3-4-13-7-14(16)9-15(8-13)20-6-5-19-2/h7-9,11-12H,3-6,10H2,1-2H3,(H,17,18). The van der Waals surface area contributed by atoms with E-state index in [0.717, 1.165) is 30.6 Å². The Morgan fingerprint density at radius 3 is 2.85 bits per heavy atom. The fraction of sp³-hybridized carbons (Fsp3) is 0.533. The molecule has 112 valence electrons.